The number of rotatable bonds is 6. The Hall–Kier alpha value is -1.12. The van der Waals surface area contributed by atoms with Crippen LogP contribution >= 0.6 is 0 Å². The van der Waals surface area contributed by atoms with Crippen molar-refractivity contribution in [1.82, 2.24) is 0 Å². The highest BCUT2D eigenvalue weighted by Crippen LogP contribution is 2.42. The first kappa shape index (κ1) is 19.6. The Labute approximate surface area is 157 Å². The number of aryl methyl sites for hydroxylation is 1. The molecule has 0 unspecified atom stereocenters. The van der Waals surface area contributed by atoms with Crippen LogP contribution in [0.25, 0.3) is 0 Å². The molecule has 0 aliphatic heterocycles. The fraction of sp³-hybridized carbons (Fsp3) is 0.739. The number of hydrogen-bond donors (Lipinski definition) is 0. The summed E-state index contributed by atoms with van der Waals surface area (Å²) >= 11 is 0. The fourth-order valence-electron chi connectivity index (χ4n) is 5.13. The van der Waals surface area contributed by atoms with Crippen LogP contribution in [0.4, 0.5) is 8.78 Å². The average molecular weight is 365 g/mol. The Morgan fingerprint density at radius 2 is 1.42 bits per heavy atom. The topological polar surface area (TPSA) is 9.23 Å². The lowest BCUT2D eigenvalue weighted by Gasteiger charge is -2.37. The maximum absolute atomic E-state index is 13.9. The summed E-state index contributed by atoms with van der Waals surface area (Å²) in [6, 6.07) is 3.13. The normalized spacial score (nSPS) is 29.5. The standard InChI is InChI=1S/C23H34F2O/c1-3-4-17-6-10-19(11-7-17)20-12-8-18(9-13-20)15-26-21-14-5-16(2)22(24)23(21)25/h5,14,17-20H,3-4,6-13,15H2,1-2H3. The van der Waals surface area contributed by atoms with E-state index in [0.29, 0.717) is 18.1 Å². The summed E-state index contributed by atoms with van der Waals surface area (Å²) in [7, 11) is 0. The molecule has 0 N–H and O–H groups in total. The van der Waals surface area contributed by atoms with Crippen molar-refractivity contribution in [2.45, 2.75) is 78.1 Å². The molecule has 0 saturated heterocycles. The van der Waals surface area contributed by atoms with Crippen molar-refractivity contribution in [2.75, 3.05) is 6.61 Å². The van der Waals surface area contributed by atoms with E-state index in [1.165, 1.54) is 51.4 Å². The molecule has 0 bridgehead atoms. The SMILES string of the molecule is CCCC1CCC(C2CCC(COc3ccc(C)c(F)c3F)CC2)CC1. The summed E-state index contributed by atoms with van der Waals surface area (Å²) in [5, 5.41) is 0. The minimum absolute atomic E-state index is 0.0597. The average Bonchev–Trinajstić information content (AvgIpc) is 2.67. The first-order chi connectivity index (χ1) is 12.6. The highest BCUT2D eigenvalue weighted by molar-refractivity contribution is 5.30. The molecule has 0 amide bonds. The highest BCUT2D eigenvalue weighted by atomic mass is 19.2. The summed E-state index contributed by atoms with van der Waals surface area (Å²) in [6.07, 6.45) is 13.3. The zero-order valence-electron chi connectivity index (χ0n) is 16.4. The van der Waals surface area contributed by atoms with Crippen LogP contribution in [-0.2, 0) is 0 Å². The van der Waals surface area contributed by atoms with Gasteiger partial charge < -0.3 is 4.74 Å². The Morgan fingerprint density at radius 1 is 0.846 bits per heavy atom. The monoisotopic (exact) mass is 364 g/mol. The first-order valence-electron chi connectivity index (χ1n) is 10.7. The van der Waals surface area contributed by atoms with E-state index in [2.05, 4.69) is 6.92 Å². The molecule has 2 saturated carbocycles. The molecule has 0 radical (unpaired) electrons. The third-order valence-electron chi connectivity index (χ3n) is 6.86. The first-order valence-corrected chi connectivity index (χ1v) is 10.7. The quantitative estimate of drug-likeness (QED) is 0.525. The predicted octanol–water partition coefficient (Wildman–Crippen LogP) is 7.06. The van der Waals surface area contributed by atoms with Crippen molar-refractivity contribution in [2.24, 2.45) is 23.7 Å². The Kier molecular flexibility index (Phi) is 6.94. The van der Waals surface area contributed by atoms with Crippen molar-refractivity contribution < 1.29 is 13.5 Å². The summed E-state index contributed by atoms with van der Waals surface area (Å²) < 4.78 is 33.2. The summed E-state index contributed by atoms with van der Waals surface area (Å²) in [6.45, 7) is 4.38. The van der Waals surface area contributed by atoms with Gasteiger partial charge in [-0.3, -0.25) is 0 Å². The van der Waals surface area contributed by atoms with Crippen LogP contribution in [0.5, 0.6) is 5.75 Å². The van der Waals surface area contributed by atoms with E-state index in [9.17, 15) is 8.78 Å². The van der Waals surface area contributed by atoms with Crippen LogP contribution in [0.15, 0.2) is 12.1 Å². The van der Waals surface area contributed by atoms with E-state index in [1.807, 2.05) is 0 Å². The van der Waals surface area contributed by atoms with Gasteiger partial charge >= 0.3 is 0 Å². The molecule has 0 aromatic heterocycles. The van der Waals surface area contributed by atoms with E-state index < -0.39 is 11.6 Å². The van der Waals surface area contributed by atoms with Gasteiger partial charge in [-0.2, -0.15) is 4.39 Å². The van der Waals surface area contributed by atoms with Gasteiger partial charge in [0.05, 0.1) is 6.61 Å². The Morgan fingerprint density at radius 3 is 2.00 bits per heavy atom. The minimum atomic E-state index is -0.845. The lowest BCUT2D eigenvalue weighted by molar-refractivity contribution is 0.120. The fourth-order valence-corrected chi connectivity index (χ4v) is 5.13. The lowest BCUT2D eigenvalue weighted by atomic mass is 9.69. The molecule has 1 aromatic carbocycles. The van der Waals surface area contributed by atoms with Crippen molar-refractivity contribution in [3.63, 3.8) is 0 Å². The van der Waals surface area contributed by atoms with E-state index >= 15 is 0 Å². The van der Waals surface area contributed by atoms with Gasteiger partial charge in [0.1, 0.15) is 0 Å². The van der Waals surface area contributed by atoms with Gasteiger partial charge in [0, 0.05) is 0 Å². The summed E-state index contributed by atoms with van der Waals surface area (Å²) in [5.41, 5.74) is 0.323. The molecule has 2 aliphatic rings. The molecular weight excluding hydrogens is 330 g/mol. The predicted molar refractivity (Wildman–Crippen MR) is 102 cm³/mol. The molecule has 3 rings (SSSR count). The second-order valence-electron chi connectivity index (χ2n) is 8.67. The van der Waals surface area contributed by atoms with Crippen LogP contribution in [0.2, 0.25) is 0 Å². The van der Waals surface area contributed by atoms with Crippen LogP contribution in [0.3, 0.4) is 0 Å². The summed E-state index contributed by atoms with van der Waals surface area (Å²) in [5.74, 6) is 1.69. The second-order valence-corrected chi connectivity index (χ2v) is 8.67. The van der Waals surface area contributed by atoms with Crippen molar-refractivity contribution in [1.29, 1.82) is 0 Å². The molecule has 0 spiro atoms. The summed E-state index contributed by atoms with van der Waals surface area (Å²) in [4.78, 5) is 0. The smallest absolute Gasteiger partial charge is 0.200 e. The zero-order chi connectivity index (χ0) is 18.5. The molecule has 3 heteroatoms. The van der Waals surface area contributed by atoms with Crippen molar-refractivity contribution in [3.05, 3.63) is 29.3 Å². The molecular formula is C23H34F2O. The third kappa shape index (κ3) is 4.78. The van der Waals surface area contributed by atoms with E-state index in [4.69, 9.17) is 4.74 Å². The Balaban J connectivity index is 1.41. The van der Waals surface area contributed by atoms with Crippen molar-refractivity contribution in [3.8, 4) is 5.75 Å². The van der Waals surface area contributed by atoms with Gasteiger partial charge in [-0.15, -0.1) is 0 Å². The maximum Gasteiger partial charge on any atom is 0.200 e. The molecule has 2 fully saturated rings. The second kappa shape index (κ2) is 9.19. The molecule has 1 aromatic rings. The van der Waals surface area contributed by atoms with Gasteiger partial charge in [-0.05, 0) is 80.8 Å². The van der Waals surface area contributed by atoms with E-state index in [-0.39, 0.29) is 5.75 Å². The molecule has 0 heterocycles. The van der Waals surface area contributed by atoms with E-state index in [0.717, 1.165) is 30.6 Å². The van der Waals surface area contributed by atoms with Crippen LogP contribution in [-0.4, -0.2) is 6.61 Å². The lowest BCUT2D eigenvalue weighted by Crippen LogP contribution is -2.27. The van der Waals surface area contributed by atoms with Gasteiger partial charge in [-0.1, -0.05) is 38.7 Å². The number of hydrogen-bond acceptors (Lipinski definition) is 1. The number of benzene rings is 1. The van der Waals surface area contributed by atoms with Crippen LogP contribution < -0.4 is 4.74 Å². The van der Waals surface area contributed by atoms with Gasteiger partial charge in [0.2, 0.25) is 5.82 Å². The number of ether oxygens (including phenoxy) is 1. The highest BCUT2D eigenvalue weighted by Gasteiger charge is 2.31. The zero-order valence-corrected chi connectivity index (χ0v) is 16.4. The van der Waals surface area contributed by atoms with E-state index in [1.54, 1.807) is 19.1 Å². The van der Waals surface area contributed by atoms with Gasteiger partial charge in [-0.25, -0.2) is 4.39 Å². The minimum Gasteiger partial charge on any atom is -0.490 e. The third-order valence-corrected chi connectivity index (χ3v) is 6.86. The molecule has 146 valence electrons. The number of halogens is 2. The van der Waals surface area contributed by atoms with Crippen LogP contribution in [0, 0.1) is 42.2 Å². The molecule has 1 nitrogen and oxygen atoms in total. The Bertz CT molecular complexity index is 570. The molecule has 26 heavy (non-hydrogen) atoms. The van der Waals surface area contributed by atoms with Crippen molar-refractivity contribution >= 4 is 0 Å². The molecule has 0 atom stereocenters. The van der Waals surface area contributed by atoms with Crippen LogP contribution in [0.1, 0.15) is 76.7 Å². The van der Waals surface area contributed by atoms with Gasteiger partial charge in [0.25, 0.3) is 0 Å². The largest absolute Gasteiger partial charge is 0.490 e. The molecule has 2 aliphatic carbocycles. The maximum atomic E-state index is 13.9. The van der Waals surface area contributed by atoms with Gasteiger partial charge in [0.15, 0.2) is 11.6 Å².